The third-order valence-electron chi connectivity index (χ3n) is 4.48. The van der Waals surface area contributed by atoms with Gasteiger partial charge in [0, 0.05) is 12.7 Å². The Kier molecular flexibility index (Phi) is 6.85. The van der Waals surface area contributed by atoms with Gasteiger partial charge in [-0.1, -0.05) is 6.92 Å². The lowest BCUT2D eigenvalue weighted by Crippen LogP contribution is -2.29. The van der Waals surface area contributed by atoms with Crippen molar-refractivity contribution in [2.24, 2.45) is 5.14 Å². The van der Waals surface area contributed by atoms with Gasteiger partial charge in [0.15, 0.2) is 5.25 Å². The number of nitrogens with two attached hydrogens (primary N) is 3. The molecule has 0 saturated heterocycles. The standard InChI is InChI=1S/C17H20F6N6O2S/c1-3-8-10(17(21,22)23)13(29-15(25)11(8)24)14(32(26,30)31)12-9(27-4-2)5-7(6-28-12)16(18,19)20/h5-6,14,27H,3-4,24H2,1-2H3,(H2,25,29)(H2,26,30,31). The second-order valence-corrected chi connectivity index (χ2v) is 8.30. The molecule has 0 aliphatic carbocycles. The van der Waals surface area contributed by atoms with Crippen LogP contribution in [0.3, 0.4) is 0 Å². The number of hydrogen-bond donors (Lipinski definition) is 4. The number of nitrogens with one attached hydrogen (secondary N) is 1. The van der Waals surface area contributed by atoms with Crippen LogP contribution >= 0.6 is 0 Å². The zero-order chi connectivity index (χ0) is 24.6. The van der Waals surface area contributed by atoms with Gasteiger partial charge in [0.25, 0.3) is 0 Å². The summed E-state index contributed by atoms with van der Waals surface area (Å²) in [5.41, 5.74) is 5.18. The smallest absolute Gasteiger partial charge is 0.396 e. The summed E-state index contributed by atoms with van der Waals surface area (Å²) in [5.74, 6) is -0.588. The number of rotatable bonds is 6. The Morgan fingerprint density at radius 3 is 2.09 bits per heavy atom. The number of pyridine rings is 2. The van der Waals surface area contributed by atoms with E-state index in [1.165, 1.54) is 13.8 Å². The van der Waals surface area contributed by atoms with E-state index in [2.05, 4.69) is 15.3 Å². The van der Waals surface area contributed by atoms with Crippen molar-refractivity contribution in [3.05, 3.63) is 40.3 Å². The maximum Gasteiger partial charge on any atom is 0.418 e. The molecule has 0 aromatic carbocycles. The molecule has 0 aliphatic rings. The minimum Gasteiger partial charge on any atom is -0.396 e. The predicted molar refractivity (Wildman–Crippen MR) is 106 cm³/mol. The van der Waals surface area contributed by atoms with Crippen molar-refractivity contribution in [3.8, 4) is 0 Å². The molecule has 0 aliphatic heterocycles. The van der Waals surface area contributed by atoms with E-state index in [-0.39, 0.29) is 13.0 Å². The Morgan fingerprint density at radius 2 is 1.66 bits per heavy atom. The monoisotopic (exact) mass is 486 g/mol. The highest BCUT2D eigenvalue weighted by molar-refractivity contribution is 7.89. The summed E-state index contributed by atoms with van der Waals surface area (Å²) in [6, 6.07) is 0.526. The average molecular weight is 486 g/mol. The number of alkyl halides is 6. The first-order valence-electron chi connectivity index (χ1n) is 9.01. The molecule has 2 aromatic rings. The molecular formula is C17H20F6N6O2S. The van der Waals surface area contributed by atoms with Gasteiger partial charge in [-0.3, -0.25) is 4.98 Å². The highest BCUT2D eigenvalue weighted by Crippen LogP contribution is 2.44. The molecule has 1 unspecified atom stereocenters. The summed E-state index contributed by atoms with van der Waals surface area (Å²) in [5, 5.41) is 5.32. The molecule has 0 bridgehead atoms. The molecule has 2 rings (SSSR count). The average Bonchev–Trinajstić information content (AvgIpc) is 2.62. The summed E-state index contributed by atoms with van der Waals surface area (Å²) >= 11 is 0. The highest BCUT2D eigenvalue weighted by atomic mass is 32.2. The van der Waals surface area contributed by atoms with Gasteiger partial charge in [-0.05, 0) is 25.0 Å². The molecule has 32 heavy (non-hydrogen) atoms. The number of halogens is 6. The van der Waals surface area contributed by atoms with Crippen molar-refractivity contribution in [1.29, 1.82) is 0 Å². The minimum absolute atomic E-state index is 0.00300. The molecule has 0 fully saturated rings. The molecule has 0 saturated carbocycles. The van der Waals surface area contributed by atoms with Gasteiger partial charge in [0.1, 0.15) is 5.82 Å². The van der Waals surface area contributed by atoms with Crippen LogP contribution in [0.5, 0.6) is 0 Å². The Morgan fingerprint density at radius 1 is 1.06 bits per heavy atom. The predicted octanol–water partition coefficient (Wildman–Crippen LogP) is 3.05. The van der Waals surface area contributed by atoms with Crippen LogP contribution < -0.4 is 21.9 Å². The van der Waals surface area contributed by atoms with Crippen molar-refractivity contribution in [2.75, 3.05) is 23.3 Å². The summed E-state index contributed by atoms with van der Waals surface area (Å²) < 4.78 is 106. The van der Waals surface area contributed by atoms with Crippen molar-refractivity contribution < 1.29 is 34.8 Å². The molecule has 178 valence electrons. The summed E-state index contributed by atoms with van der Waals surface area (Å²) in [6.45, 7) is 2.80. The van der Waals surface area contributed by atoms with Gasteiger partial charge >= 0.3 is 12.4 Å². The molecule has 8 nitrogen and oxygen atoms in total. The second kappa shape index (κ2) is 8.61. The van der Waals surface area contributed by atoms with E-state index >= 15 is 0 Å². The van der Waals surface area contributed by atoms with E-state index < -0.39 is 72.9 Å². The van der Waals surface area contributed by atoms with Gasteiger partial charge in [0.05, 0.1) is 33.9 Å². The van der Waals surface area contributed by atoms with Crippen LogP contribution in [-0.2, 0) is 28.8 Å². The van der Waals surface area contributed by atoms with Crippen LogP contribution in [0.25, 0.3) is 0 Å². The summed E-state index contributed by atoms with van der Waals surface area (Å²) in [6.07, 6.45) is -9.98. The van der Waals surface area contributed by atoms with Crippen LogP contribution in [0, 0.1) is 0 Å². The van der Waals surface area contributed by atoms with E-state index in [9.17, 15) is 34.8 Å². The quantitative estimate of drug-likeness (QED) is 0.458. The van der Waals surface area contributed by atoms with E-state index in [4.69, 9.17) is 16.6 Å². The maximum atomic E-state index is 14.0. The van der Waals surface area contributed by atoms with Crippen molar-refractivity contribution in [2.45, 2.75) is 37.9 Å². The van der Waals surface area contributed by atoms with Crippen LogP contribution in [0.4, 0.5) is 43.5 Å². The largest absolute Gasteiger partial charge is 0.418 e. The number of primary sulfonamides is 1. The normalized spacial score (nSPS) is 13.8. The number of nitrogen functional groups attached to an aromatic ring is 2. The topological polar surface area (TPSA) is 150 Å². The fourth-order valence-electron chi connectivity index (χ4n) is 3.18. The number of aromatic nitrogens is 2. The number of hydrogen-bond acceptors (Lipinski definition) is 7. The van der Waals surface area contributed by atoms with Crippen molar-refractivity contribution in [3.63, 3.8) is 0 Å². The Balaban J connectivity index is 3.00. The van der Waals surface area contributed by atoms with E-state index in [0.717, 1.165) is 0 Å². The van der Waals surface area contributed by atoms with Gasteiger partial charge in [-0.15, -0.1) is 0 Å². The van der Waals surface area contributed by atoms with Crippen molar-refractivity contribution in [1.82, 2.24) is 9.97 Å². The lowest BCUT2D eigenvalue weighted by molar-refractivity contribution is -0.139. The maximum absolute atomic E-state index is 14.0. The molecule has 0 amide bonds. The van der Waals surface area contributed by atoms with Gasteiger partial charge < -0.3 is 16.8 Å². The first kappa shape index (κ1) is 25.5. The van der Waals surface area contributed by atoms with E-state index in [0.29, 0.717) is 12.3 Å². The lowest BCUT2D eigenvalue weighted by Gasteiger charge is -2.25. The highest BCUT2D eigenvalue weighted by Gasteiger charge is 2.44. The molecule has 0 spiro atoms. The fourth-order valence-corrected chi connectivity index (χ4v) is 4.16. The zero-order valence-corrected chi connectivity index (χ0v) is 17.6. The van der Waals surface area contributed by atoms with E-state index in [1.54, 1.807) is 0 Å². The second-order valence-electron chi connectivity index (χ2n) is 6.65. The SMILES string of the molecule is CCNc1cc(C(F)(F)F)cnc1C(c1nc(N)c(N)c(CC)c1C(F)(F)F)S(N)(=O)=O. The molecule has 0 radical (unpaired) electrons. The summed E-state index contributed by atoms with van der Waals surface area (Å²) in [7, 11) is -4.94. The number of nitrogens with zero attached hydrogens (tertiary/aromatic N) is 2. The van der Waals surface area contributed by atoms with Crippen LogP contribution in [-0.4, -0.2) is 24.9 Å². The van der Waals surface area contributed by atoms with Gasteiger partial charge in [0.2, 0.25) is 10.0 Å². The molecule has 1 atom stereocenters. The third-order valence-corrected chi connectivity index (χ3v) is 5.58. The molecule has 15 heteroatoms. The van der Waals surface area contributed by atoms with Gasteiger partial charge in [-0.2, -0.15) is 26.3 Å². The van der Waals surface area contributed by atoms with Gasteiger partial charge in [-0.25, -0.2) is 18.5 Å². The van der Waals surface area contributed by atoms with Crippen LogP contribution in [0.2, 0.25) is 0 Å². The first-order chi connectivity index (χ1) is 14.5. The molecule has 2 aromatic heterocycles. The minimum atomic E-state index is -5.14. The van der Waals surface area contributed by atoms with Crippen molar-refractivity contribution >= 4 is 27.2 Å². The Labute approximate surface area is 179 Å². The van der Waals surface area contributed by atoms with Crippen LogP contribution in [0.15, 0.2) is 12.3 Å². The number of anilines is 3. The number of sulfonamides is 1. The molecule has 7 N–H and O–H groups in total. The first-order valence-corrected chi connectivity index (χ1v) is 10.6. The fraction of sp³-hybridized carbons (Fsp3) is 0.412. The van der Waals surface area contributed by atoms with E-state index in [1.807, 2.05) is 0 Å². The van der Waals surface area contributed by atoms with Crippen LogP contribution in [0.1, 0.15) is 47.2 Å². The zero-order valence-electron chi connectivity index (χ0n) is 16.8. The third kappa shape index (κ3) is 4.98. The molecular weight excluding hydrogens is 466 g/mol. The Bertz CT molecular complexity index is 1120. The Hall–Kier alpha value is -2.81. The summed E-state index contributed by atoms with van der Waals surface area (Å²) in [4.78, 5) is 7.06. The lowest BCUT2D eigenvalue weighted by atomic mass is 9.97. The molecule has 2 heterocycles.